The molecule has 0 spiro atoms. The molecule has 1 fully saturated rings. The van der Waals surface area contributed by atoms with Gasteiger partial charge in [-0.25, -0.2) is 17.9 Å². The van der Waals surface area contributed by atoms with E-state index in [0.29, 0.717) is 18.0 Å². The molecule has 0 amide bonds. The minimum Gasteiger partial charge on any atom is -0.298 e. The Bertz CT molecular complexity index is 1040. The predicted octanol–water partition coefficient (Wildman–Crippen LogP) is 1.65. The molecule has 1 aromatic carbocycles. The minimum absolute atomic E-state index is 0.112. The van der Waals surface area contributed by atoms with Crippen LogP contribution in [-0.4, -0.2) is 35.9 Å². The van der Waals surface area contributed by atoms with Crippen LogP contribution < -0.4 is 10.4 Å². The first kappa shape index (κ1) is 17.5. The number of hydrogen-bond donors (Lipinski definition) is 1. The number of nitrogens with zero attached hydrogens (tertiary/aromatic N) is 3. The third-order valence-electron chi connectivity index (χ3n) is 5.48. The summed E-state index contributed by atoms with van der Waals surface area (Å²) in [6.07, 6.45) is 5.48. The summed E-state index contributed by atoms with van der Waals surface area (Å²) < 4.78 is 31.3. The molecule has 2 aliphatic rings. The van der Waals surface area contributed by atoms with Crippen molar-refractivity contribution in [2.75, 3.05) is 6.54 Å². The number of fused-ring (bicyclic) bond motifs is 1. The molecule has 7 nitrogen and oxygen atoms in total. The van der Waals surface area contributed by atoms with Crippen molar-refractivity contribution in [1.29, 1.82) is 0 Å². The molecule has 0 bridgehead atoms. The molecule has 1 aromatic heterocycles. The van der Waals surface area contributed by atoms with Gasteiger partial charge in [-0.1, -0.05) is 0 Å². The average molecular weight is 376 g/mol. The first-order valence-electron chi connectivity index (χ1n) is 9.01. The topological polar surface area (TPSA) is 85.5 Å². The van der Waals surface area contributed by atoms with Gasteiger partial charge < -0.3 is 0 Å². The number of imidazole rings is 1. The summed E-state index contributed by atoms with van der Waals surface area (Å²) >= 11 is 0. The lowest BCUT2D eigenvalue weighted by atomic mass is 10.00. The van der Waals surface area contributed by atoms with Crippen LogP contribution in [0.1, 0.15) is 32.6 Å². The van der Waals surface area contributed by atoms with E-state index in [1.165, 1.54) is 4.57 Å². The molecule has 1 aliphatic heterocycles. The number of benzene rings is 1. The third-order valence-corrected chi connectivity index (χ3v) is 7.12. The van der Waals surface area contributed by atoms with Crippen molar-refractivity contribution in [3.63, 3.8) is 0 Å². The first-order valence-corrected chi connectivity index (χ1v) is 10.5. The van der Waals surface area contributed by atoms with Gasteiger partial charge in [0.2, 0.25) is 10.0 Å². The Morgan fingerprint density at radius 3 is 2.73 bits per heavy atom. The summed E-state index contributed by atoms with van der Waals surface area (Å²) in [7, 11) is -1.90. The molecule has 0 radical (unpaired) electrons. The maximum absolute atomic E-state index is 12.7. The molecule has 2 heterocycles. The van der Waals surface area contributed by atoms with Crippen LogP contribution >= 0.6 is 0 Å². The van der Waals surface area contributed by atoms with E-state index in [1.807, 2.05) is 13.1 Å². The van der Waals surface area contributed by atoms with Crippen LogP contribution in [0.2, 0.25) is 0 Å². The first-order chi connectivity index (χ1) is 12.3. The smallest absolute Gasteiger partial charge is 0.298 e. The van der Waals surface area contributed by atoms with Gasteiger partial charge in [0, 0.05) is 25.7 Å². The molecule has 26 heavy (non-hydrogen) atoms. The van der Waals surface area contributed by atoms with Crippen molar-refractivity contribution in [3.8, 4) is 0 Å². The summed E-state index contributed by atoms with van der Waals surface area (Å²) in [6, 6.07) is 4.94. The van der Waals surface area contributed by atoms with Crippen molar-refractivity contribution >= 4 is 27.3 Å². The van der Waals surface area contributed by atoms with Crippen molar-refractivity contribution in [1.82, 2.24) is 13.9 Å². The highest BCUT2D eigenvalue weighted by Gasteiger charge is 2.41. The Morgan fingerprint density at radius 2 is 2.08 bits per heavy atom. The molecule has 4 rings (SSSR count). The van der Waals surface area contributed by atoms with E-state index in [1.54, 1.807) is 29.8 Å². The SMILES string of the molecule is Cn1c(=O)n(CC2CC=NCC2)c2ccc(S(=O)(=O)NC3(C)CC3)cc21. The van der Waals surface area contributed by atoms with Crippen molar-refractivity contribution in [2.45, 2.75) is 49.6 Å². The van der Waals surface area contributed by atoms with E-state index in [4.69, 9.17) is 0 Å². The molecule has 0 saturated heterocycles. The number of aliphatic imine (C=N–C) groups is 1. The molecular formula is C18H24N4O3S. The van der Waals surface area contributed by atoms with Crippen LogP contribution in [0.15, 0.2) is 32.9 Å². The molecule has 8 heteroatoms. The Labute approximate surface area is 152 Å². The Morgan fingerprint density at radius 1 is 1.31 bits per heavy atom. The van der Waals surface area contributed by atoms with E-state index in [-0.39, 0.29) is 16.1 Å². The zero-order valence-corrected chi connectivity index (χ0v) is 15.9. The normalized spacial score (nSPS) is 22.0. The molecule has 1 saturated carbocycles. The summed E-state index contributed by atoms with van der Waals surface area (Å²) in [4.78, 5) is 17.1. The Kier molecular flexibility index (Phi) is 4.07. The molecule has 1 unspecified atom stereocenters. The van der Waals surface area contributed by atoms with E-state index < -0.39 is 10.0 Å². The van der Waals surface area contributed by atoms with Crippen LogP contribution in [0.4, 0.5) is 0 Å². The summed E-state index contributed by atoms with van der Waals surface area (Å²) in [5.41, 5.74) is 0.979. The molecule has 2 aromatic rings. The highest BCUT2D eigenvalue weighted by molar-refractivity contribution is 7.89. The van der Waals surface area contributed by atoms with Gasteiger partial charge in [0.25, 0.3) is 0 Å². The van der Waals surface area contributed by atoms with Gasteiger partial charge in [0.1, 0.15) is 0 Å². The summed E-state index contributed by atoms with van der Waals surface area (Å²) in [5, 5.41) is 0. The zero-order chi connectivity index (χ0) is 18.5. The molecular weight excluding hydrogens is 352 g/mol. The minimum atomic E-state index is -3.59. The number of aryl methyl sites for hydroxylation is 1. The van der Waals surface area contributed by atoms with E-state index in [2.05, 4.69) is 9.71 Å². The van der Waals surface area contributed by atoms with Gasteiger partial charge in [0.05, 0.1) is 15.9 Å². The van der Waals surface area contributed by atoms with Gasteiger partial charge in [0.15, 0.2) is 0 Å². The van der Waals surface area contributed by atoms with Crippen LogP contribution in [0, 0.1) is 5.92 Å². The highest BCUT2D eigenvalue weighted by atomic mass is 32.2. The number of sulfonamides is 1. The largest absolute Gasteiger partial charge is 0.328 e. The Hall–Kier alpha value is -1.93. The third kappa shape index (κ3) is 3.12. The standard InChI is InChI=1S/C18H24N4O3S/c1-18(7-8-18)20-26(24,25)14-3-4-15-16(11-14)21(2)17(23)22(15)12-13-5-9-19-10-6-13/h3-4,9,11,13,20H,5-8,10,12H2,1-2H3. The molecule has 140 valence electrons. The monoisotopic (exact) mass is 376 g/mol. The van der Waals surface area contributed by atoms with Crippen molar-refractivity contribution in [2.24, 2.45) is 18.0 Å². The summed E-state index contributed by atoms with van der Waals surface area (Å²) in [5.74, 6) is 0.385. The fourth-order valence-corrected chi connectivity index (χ4v) is 5.00. The van der Waals surface area contributed by atoms with Gasteiger partial charge in [-0.15, -0.1) is 0 Å². The number of rotatable bonds is 5. The lowest BCUT2D eigenvalue weighted by Crippen LogP contribution is -2.34. The highest BCUT2D eigenvalue weighted by Crippen LogP contribution is 2.36. The number of nitrogens with one attached hydrogen (secondary N) is 1. The van der Waals surface area contributed by atoms with Crippen molar-refractivity contribution in [3.05, 3.63) is 28.7 Å². The van der Waals surface area contributed by atoms with Gasteiger partial charge >= 0.3 is 5.69 Å². The van der Waals surface area contributed by atoms with Gasteiger partial charge in [-0.2, -0.15) is 0 Å². The fraction of sp³-hybridized carbons (Fsp3) is 0.556. The van der Waals surface area contributed by atoms with Crippen LogP contribution in [0.25, 0.3) is 11.0 Å². The van der Waals surface area contributed by atoms with Crippen LogP contribution in [0.5, 0.6) is 0 Å². The zero-order valence-electron chi connectivity index (χ0n) is 15.1. The second-order valence-electron chi connectivity index (χ2n) is 7.75. The molecule has 1 aliphatic carbocycles. The maximum Gasteiger partial charge on any atom is 0.328 e. The van der Waals surface area contributed by atoms with Crippen LogP contribution in [0.3, 0.4) is 0 Å². The number of aromatic nitrogens is 2. The lowest BCUT2D eigenvalue weighted by Gasteiger charge is -2.17. The number of hydrogen-bond acceptors (Lipinski definition) is 4. The Balaban J connectivity index is 1.72. The van der Waals surface area contributed by atoms with Crippen molar-refractivity contribution < 1.29 is 8.42 Å². The van der Waals surface area contributed by atoms with E-state index >= 15 is 0 Å². The predicted molar refractivity (Wildman–Crippen MR) is 101 cm³/mol. The quantitative estimate of drug-likeness (QED) is 0.861. The molecule has 1 N–H and O–H groups in total. The second-order valence-corrected chi connectivity index (χ2v) is 9.43. The van der Waals surface area contributed by atoms with Gasteiger partial charge in [-0.05, 0) is 62.9 Å². The molecule has 1 atom stereocenters. The van der Waals surface area contributed by atoms with E-state index in [9.17, 15) is 13.2 Å². The average Bonchev–Trinajstić information content (AvgIpc) is 3.29. The maximum atomic E-state index is 12.7. The second kappa shape index (κ2) is 6.06. The fourth-order valence-electron chi connectivity index (χ4n) is 3.52. The van der Waals surface area contributed by atoms with Crippen LogP contribution in [-0.2, 0) is 23.6 Å². The lowest BCUT2D eigenvalue weighted by molar-refractivity contribution is 0.423. The van der Waals surface area contributed by atoms with E-state index in [0.717, 1.165) is 37.7 Å². The van der Waals surface area contributed by atoms with Gasteiger partial charge in [-0.3, -0.25) is 14.1 Å². The summed E-state index contributed by atoms with van der Waals surface area (Å²) in [6.45, 7) is 3.34.